The number of nitrogens with zero attached hydrogens (tertiary/aromatic N) is 2. The number of hydrogen-bond donors (Lipinski definition) is 2. The predicted molar refractivity (Wildman–Crippen MR) is 85.7 cm³/mol. The van der Waals surface area contributed by atoms with Crippen LogP contribution in [0.15, 0.2) is 18.5 Å². The highest BCUT2D eigenvalue weighted by Crippen LogP contribution is 2.31. The van der Waals surface area contributed by atoms with Gasteiger partial charge in [0.25, 0.3) is 5.91 Å². The molecule has 2 aromatic heterocycles. The molecule has 1 fully saturated rings. The van der Waals surface area contributed by atoms with Gasteiger partial charge in [0.1, 0.15) is 4.34 Å². The first-order chi connectivity index (χ1) is 10.1. The first-order valence-corrected chi connectivity index (χ1v) is 8.22. The smallest absolute Gasteiger partial charge is 0.258 e. The van der Waals surface area contributed by atoms with Crippen LogP contribution in [0.25, 0.3) is 0 Å². The molecule has 0 aromatic carbocycles. The van der Waals surface area contributed by atoms with Gasteiger partial charge < -0.3 is 10.6 Å². The molecular formula is C13H14Cl2N4OS. The lowest BCUT2D eigenvalue weighted by Gasteiger charge is -2.22. The highest BCUT2D eigenvalue weighted by molar-refractivity contribution is 7.20. The molecule has 2 N–H and O–H groups in total. The van der Waals surface area contributed by atoms with Crippen LogP contribution in [-0.2, 0) is 0 Å². The molecule has 3 rings (SSSR count). The first-order valence-electron chi connectivity index (χ1n) is 6.64. The monoisotopic (exact) mass is 344 g/mol. The zero-order valence-corrected chi connectivity index (χ0v) is 13.4. The molecule has 1 amide bonds. The van der Waals surface area contributed by atoms with Gasteiger partial charge in [0.05, 0.1) is 27.8 Å². The highest BCUT2D eigenvalue weighted by Gasteiger charge is 2.18. The Balaban J connectivity index is 1.69. The van der Waals surface area contributed by atoms with Gasteiger partial charge in [0, 0.05) is 6.20 Å². The van der Waals surface area contributed by atoms with Crippen LogP contribution >= 0.6 is 34.5 Å². The lowest BCUT2D eigenvalue weighted by molar-refractivity contribution is 0.102. The zero-order valence-electron chi connectivity index (χ0n) is 11.1. The summed E-state index contributed by atoms with van der Waals surface area (Å²) in [7, 11) is 0. The summed E-state index contributed by atoms with van der Waals surface area (Å²) >= 11 is 13.0. The molecule has 0 atom stereocenters. The Labute approximate surface area is 136 Å². The number of carbonyl (C=O) groups excluding carboxylic acids is 1. The van der Waals surface area contributed by atoms with E-state index >= 15 is 0 Å². The Hall–Kier alpha value is -1.08. The van der Waals surface area contributed by atoms with Gasteiger partial charge in [-0.05, 0) is 32.0 Å². The van der Waals surface area contributed by atoms with Crippen LogP contribution in [0.4, 0.5) is 5.69 Å². The van der Waals surface area contributed by atoms with Crippen molar-refractivity contribution in [2.24, 2.45) is 0 Å². The fourth-order valence-electron chi connectivity index (χ4n) is 2.37. The van der Waals surface area contributed by atoms with Gasteiger partial charge in [-0.2, -0.15) is 5.10 Å². The van der Waals surface area contributed by atoms with Gasteiger partial charge in [-0.25, -0.2) is 0 Å². The van der Waals surface area contributed by atoms with Crippen LogP contribution in [0.1, 0.15) is 29.2 Å². The van der Waals surface area contributed by atoms with Crippen LogP contribution < -0.4 is 10.6 Å². The van der Waals surface area contributed by atoms with Crippen LogP contribution in [0.5, 0.6) is 0 Å². The number of nitrogens with one attached hydrogen (secondary N) is 2. The van der Waals surface area contributed by atoms with Crippen molar-refractivity contribution >= 4 is 46.1 Å². The summed E-state index contributed by atoms with van der Waals surface area (Å²) in [6.45, 7) is 1.99. The van der Waals surface area contributed by atoms with Gasteiger partial charge in [0.2, 0.25) is 0 Å². The predicted octanol–water partition coefficient (Wildman–Crippen LogP) is 3.43. The Morgan fingerprint density at radius 3 is 2.86 bits per heavy atom. The van der Waals surface area contributed by atoms with Crippen LogP contribution in [0.2, 0.25) is 8.67 Å². The number of halogens is 2. The zero-order chi connectivity index (χ0) is 14.8. The van der Waals surface area contributed by atoms with E-state index < -0.39 is 0 Å². The molecule has 0 aliphatic carbocycles. The number of carbonyl (C=O) groups is 1. The molecule has 2 aromatic rings. The van der Waals surface area contributed by atoms with E-state index in [1.54, 1.807) is 12.3 Å². The Morgan fingerprint density at radius 2 is 2.19 bits per heavy atom. The molecule has 0 radical (unpaired) electrons. The van der Waals surface area contributed by atoms with Crippen LogP contribution in [-0.4, -0.2) is 28.8 Å². The molecule has 0 bridgehead atoms. The number of piperidine rings is 1. The van der Waals surface area contributed by atoms with E-state index in [-0.39, 0.29) is 5.91 Å². The van der Waals surface area contributed by atoms with Crippen molar-refractivity contribution in [3.05, 3.63) is 32.7 Å². The Morgan fingerprint density at radius 1 is 1.43 bits per heavy atom. The minimum atomic E-state index is -0.270. The maximum atomic E-state index is 12.1. The fraction of sp³-hybridized carbons (Fsp3) is 0.385. The van der Waals surface area contributed by atoms with E-state index in [9.17, 15) is 4.79 Å². The van der Waals surface area contributed by atoms with Gasteiger partial charge in [-0.1, -0.05) is 23.2 Å². The molecule has 21 heavy (non-hydrogen) atoms. The summed E-state index contributed by atoms with van der Waals surface area (Å²) in [5, 5.41) is 10.4. The molecule has 1 saturated heterocycles. The summed E-state index contributed by atoms with van der Waals surface area (Å²) in [5.41, 5.74) is 1.05. The molecule has 0 spiro atoms. The summed E-state index contributed by atoms with van der Waals surface area (Å²) in [5.74, 6) is -0.270. The van der Waals surface area contributed by atoms with Gasteiger partial charge in [-0.3, -0.25) is 9.48 Å². The van der Waals surface area contributed by atoms with E-state index in [2.05, 4.69) is 15.7 Å². The molecular weight excluding hydrogens is 331 g/mol. The van der Waals surface area contributed by atoms with Crippen molar-refractivity contribution in [3.63, 3.8) is 0 Å². The van der Waals surface area contributed by atoms with E-state index in [1.807, 2.05) is 10.9 Å². The van der Waals surface area contributed by atoms with Gasteiger partial charge in [0.15, 0.2) is 0 Å². The molecule has 1 aliphatic heterocycles. The normalized spacial score (nSPS) is 16.1. The van der Waals surface area contributed by atoms with Gasteiger partial charge in [-0.15, -0.1) is 11.3 Å². The fourth-order valence-corrected chi connectivity index (χ4v) is 3.83. The average molecular weight is 345 g/mol. The molecule has 0 unspecified atom stereocenters. The molecule has 8 heteroatoms. The lowest BCUT2D eigenvalue weighted by Crippen LogP contribution is -2.29. The number of aromatic nitrogens is 2. The van der Waals surface area contributed by atoms with Crippen molar-refractivity contribution in [3.8, 4) is 0 Å². The first kappa shape index (κ1) is 14.8. The third kappa shape index (κ3) is 3.40. The van der Waals surface area contributed by atoms with Crippen LogP contribution in [0.3, 0.4) is 0 Å². The number of thiophene rings is 1. The Kier molecular flexibility index (Phi) is 4.49. The molecule has 112 valence electrons. The average Bonchev–Trinajstić information content (AvgIpc) is 3.06. The number of hydrogen-bond acceptors (Lipinski definition) is 4. The quantitative estimate of drug-likeness (QED) is 0.896. The second-order valence-corrected chi connectivity index (χ2v) is 7.17. The van der Waals surface area contributed by atoms with E-state index in [1.165, 1.54) is 11.3 Å². The topological polar surface area (TPSA) is 59.0 Å². The molecule has 5 nitrogen and oxygen atoms in total. The van der Waals surface area contributed by atoms with Crippen molar-refractivity contribution < 1.29 is 4.79 Å². The minimum absolute atomic E-state index is 0.270. The molecule has 3 heterocycles. The second kappa shape index (κ2) is 6.36. The number of rotatable bonds is 3. The third-order valence-electron chi connectivity index (χ3n) is 3.44. The minimum Gasteiger partial charge on any atom is -0.319 e. The summed E-state index contributed by atoms with van der Waals surface area (Å²) in [4.78, 5) is 12.1. The standard InChI is InChI=1S/C13H14Cl2N4OS/c14-11-5-10(12(15)21-11)13(20)18-8-6-17-19(7-8)9-1-3-16-4-2-9/h5-7,9,16H,1-4H2,(H,18,20). The maximum Gasteiger partial charge on any atom is 0.258 e. The summed E-state index contributed by atoms with van der Waals surface area (Å²) in [6, 6.07) is 1.96. The van der Waals surface area contributed by atoms with Crippen molar-refractivity contribution in [1.82, 2.24) is 15.1 Å². The van der Waals surface area contributed by atoms with E-state index in [4.69, 9.17) is 23.2 Å². The SMILES string of the molecule is O=C(Nc1cnn(C2CCNCC2)c1)c1cc(Cl)sc1Cl. The van der Waals surface area contributed by atoms with Crippen molar-refractivity contribution in [2.45, 2.75) is 18.9 Å². The largest absolute Gasteiger partial charge is 0.319 e. The van der Waals surface area contributed by atoms with Crippen molar-refractivity contribution in [1.29, 1.82) is 0 Å². The molecule has 0 saturated carbocycles. The Bertz CT molecular complexity index is 648. The van der Waals surface area contributed by atoms with Gasteiger partial charge >= 0.3 is 0 Å². The highest BCUT2D eigenvalue weighted by atomic mass is 35.5. The number of amides is 1. The summed E-state index contributed by atoms with van der Waals surface area (Å²) in [6.07, 6.45) is 5.60. The summed E-state index contributed by atoms with van der Waals surface area (Å²) < 4.78 is 2.80. The maximum absolute atomic E-state index is 12.1. The van der Waals surface area contributed by atoms with Crippen molar-refractivity contribution in [2.75, 3.05) is 18.4 Å². The second-order valence-electron chi connectivity index (χ2n) is 4.88. The number of anilines is 1. The molecule has 1 aliphatic rings. The van der Waals surface area contributed by atoms with E-state index in [0.29, 0.717) is 26.0 Å². The lowest BCUT2D eigenvalue weighted by atomic mass is 10.1. The van der Waals surface area contributed by atoms with Crippen LogP contribution in [0, 0.1) is 0 Å². The third-order valence-corrected chi connectivity index (χ3v) is 4.93. The van der Waals surface area contributed by atoms with E-state index in [0.717, 1.165) is 25.9 Å².